The van der Waals surface area contributed by atoms with Crippen LogP contribution in [0.4, 0.5) is 0 Å². The van der Waals surface area contributed by atoms with Crippen LogP contribution in [-0.4, -0.2) is 33.1 Å². The van der Waals surface area contributed by atoms with Crippen LogP contribution in [0.25, 0.3) is 11.0 Å². The maximum Gasteiger partial charge on any atom is 0.303 e. The Hall–Kier alpha value is -2.70. The van der Waals surface area contributed by atoms with E-state index >= 15 is 0 Å². The summed E-state index contributed by atoms with van der Waals surface area (Å²) in [4.78, 5) is 39.5. The lowest BCUT2D eigenvalue weighted by Gasteiger charge is -2.11. The van der Waals surface area contributed by atoms with Crippen molar-refractivity contribution in [2.45, 2.75) is 33.2 Å². The van der Waals surface area contributed by atoms with Crippen LogP contribution in [0.3, 0.4) is 0 Å². The summed E-state index contributed by atoms with van der Waals surface area (Å²) >= 11 is 0. The summed E-state index contributed by atoms with van der Waals surface area (Å²) in [6.45, 7) is 4.53. The van der Waals surface area contributed by atoms with Crippen molar-refractivity contribution in [1.82, 2.24) is 14.9 Å². The summed E-state index contributed by atoms with van der Waals surface area (Å²) in [5.41, 5.74) is 1.03. The molecule has 122 valence electrons. The lowest BCUT2D eigenvalue weighted by atomic mass is 10.1. The van der Waals surface area contributed by atoms with Crippen LogP contribution in [0.2, 0.25) is 0 Å². The third-order valence-electron chi connectivity index (χ3n) is 3.50. The maximum atomic E-state index is 12.5. The zero-order valence-electron chi connectivity index (χ0n) is 13.1. The zero-order valence-corrected chi connectivity index (χ0v) is 13.1. The molecule has 2 N–H and O–H groups in total. The largest absolute Gasteiger partial charge is 0.481 e. The average molecular weight is 317 g/mol. The third kappa shape index (κ3) is 3.74. The van der Waals surface area contributed by atoms with E-state index in [1.54, 1.807) is 16.7 Å². The molecule has 0 atom stereocenters. The zero-order chi connectivity index (χ0) is 17.0. The minimum atomic E-state index is -0.917. The fourth-order valence-electron chi connectivity index (χ4n) is 2.30. The molecule has 2 aromatic rings. The Morgan fingerprint density at radius 3 is 2.74 bits per heavy atom. The van der Waals surface area contributed by atoms with Gasteiger partial charge in [-0.25, -0.2) is 4.98 Å². The molecule has 0 fully saturated rings. The first kappa shape index (κ1) is 16.7. The number of aryl methyl sites for hydroxylation is 2. The van der Waals surface area contributed by atoms with Gasteiger partial charge in [-0.2, -0.15) is 0 Å². The number of carbonyl (C=O) groups is 2. The van der Waals surface area contributed by atoms with Crippen molar-refractivity contribution in [3.8, 4) is 0 Å². The molecule has 0 saturated heterocycles. The summed E-state index contributed by atoms with van der Waals surface area (Å²) in [5, 5.41) is 11.6. The van der Waals surface area contributed by atoms with E-state index in [0.717, 1.165) is 5.69 Å². The molecule has 0 aliphatic heterocycles. The Kier molecular flexibility index (Phi) is 5.10. The van der Waals surface area contributed by atoms with E-state index in [1.165, 1.54) is 6.20 Å². The summed E-state index contributed by atoms with van der Waals surface area (Å²) in [6, 6.07) is 3.41. The molecule has 0 bridgehead atoms. The Bertz CT molecular complexity index is 811. The fraction of sp³-hybridized carbons (Fsp3) is 0.375. The highest BCUT2D eigenvalue weighted by Crippen LogP contribution is 2.11. The van der Waals surface area contributed by atoms with Crippen molar-refractivity contribution >= 4 is 22.9 Å². The van der Waals surface area contributed by atoms with Crippen LogP contribution in [0.5, 0.6) is 0 Å². The van der Waals surface area contributed by atoms with E-state index in [9.17, 15) is 14.4 Å². The number of aliphatic carboxylic acids is 1. The number of carbonyl (C=O) groups excluding carboxylic acids is 1. The summed E-state index contributed by atoms with van der Waals surface area (Å²) in [5.74, 6) is -1.41. The Labute approximate surface area is 133 Å². The van der Waals surface area contributed by atoms with Crippen LogP contribution in [0.15, 0.2) is 23.1 Å². The Morgan fingerprint density at radius 1 is 1.35 bits per heavy atom. The number of pyridine rings is 2. The molecule has 0 aliphatic carbocycles. The standard InChI is InChI=1S/C16H19N3O4/c1-3-19-9-12(16(23)17-8-4-5-13(20)21)14(22)11-7-6-10(2)18-15(11)19/h6-7,9H,3-5,8H2,1-2H3,(H,17,23)(H,20,21). The van der Waals surface area contributed by atoms with Gasteiger partial charge in [0.2, 0.25) is 5.43 Å². The molecule has 0 aromatic carbocycles. The summed E-state index contributed by atoms with van der Waals surface area (Å²) in [6.07, 6.45) is 1.79. The highest BCUT2D eigenvalue weighted by atomic mass is 16.4. The molecule has 0 aliphatic rings. The van der Waals surface area contributed by atoms with Crippen molar-refractivity contribution in [3.05, 3.63) is 39.8 Å². The second-order valence-corrected chi connectivity index (χ2v) is 5.23. The number of carboxylic acids is 1. The van der Waals surface area contributed by atoms with E-state index in [-0.39, 0.29) is 24.0 Å². The minimum absolute atomic E-state index is 0.0274. The Balaban J connectivity index is 2.32. The number of rotatable bonds is 6. The van der Waals surface area contributed by atoms with Gasteiger partial charge in [0, 0.05) is 31.4 Å². The van der Waals surface area contributed by atoms with Gasteiger partial charge in [-0.3, -0.25) is 14.4 Å². The molecule has 0 spiro atoms. The number of fused-ring (bicyclic) bond motifs is 1. The second kappa shape index (κ2) is 7.04. The van der Waals surface area contributed by atoms with Gasteiger partial charge >= 0.3 is 5.97 Å². The second-order valence-electron chi connectivity index (χ2n) is 5.23. The van der Waals surface area contributed by atoms with Gasteiger partial charge in [-0.1, -0.05) is 0 Å². The van der Waals surface area contributed by atoms with E-state index in [0.29, 0.717) is 24.0 Å². The molecular formula is C16H19N3O4. The SMILES string of the molecule is CCn1cc(C(=O)NCCCC(=O)O)c(=O)c2ccc(C)nc21. The van der Waals surface area contributed by atoms with Crippen LogP contribution >= 0.6 is 0 Å². The highest BCUT2D eigenvalue weighted by Gasteiger charge is 2.15. The van der Waals surface area contributed by atoms with Crippen LogP contribution < -0.4 is 10.7 Å². The van der Waals surface area contributed by atoms with E-state index in [2.05, 4.69) is 10.3 Å². The van der Waals surface area contributed by atoms with Gasteiger partial charge in [-0.15, -0.1) is 0 Å². The summed E-state index contributed by atoms with van der Waals surface area (Å²) < 4.78 is 1.76. The Morgan fingerprint density at radius 2 is 2.09 bits per heavy atom. The van der Waals surface area contributed by atoms with Crippen molar-refractivity contribution in [1.29, 1.82) is 0 Å². The van der Waals surface area contributed by atoms with E-state index in [1.807, 2.05) is 13.8 Å². The van der Waals surface area contributed by atoms with Gasteiger partial charge in [0.05, 0.1) is 5.39 Å². The first-order valence-corrected chi connectivity index (χ1v) is 7.44. The molecule has 0 saturated carbocycles. The smallest absolute Gasteiger partial charge is 0.303 e. The minimum Gasteiger partial charge on any atom is -0.481 e. The summed E-state index contributed by atoms with van der Waals surface area (Å²) in [7, 11) is 0. The molecule has 0 radical (unpaired) electrons. The number of hydrogen-bond donors (Lipinski definition) is 2. The number of amides is 1. The van der Waals surface area contributed by atoms with Gasteiger partial charge < -0.3 is 15.0 Å². The van der Waals surface area contributed by atoms with Crippen molar-refractivity contribution < 1.29 is 14.7 Å². The first-order chi connectivity index (χ1) is 10.9. The van der Waals surface area contributed by atoms with Crippen molar-refractivity contribution in [2.75, 3.05) is 6.54 Å². The predicted molar refractivity (Wildman–Crippen MR) is 85.6 cm³/mol. The monoisotopic (exact) mass is 317 g/mol. The van der Waals surface area contributed by atoms with Gasteiger partial charge in [0.15, 0.2) is 0 Å². The predicted octanol–water partition coefficient (Wildman–Crippen LogP) is 1.32. The third-order valence-corrected chi connectivity index (χ3v) is 3.50. The fourth-order valence-corrected chi connectivity index (χ4v) is 2.30. The molecule has 7 nitrogen and oxygen atoms in total. The number of nitrogens with zero attached hydrogens (tertiary/aromatic N) is 2. The van der Waals surface area contributed by atoms with Crippen molar-refractivity contribution in [2.24, 2.45) is 0 Å². The number of nitrogens with one attached hydrogen (secondary N) is 1. The molecule has 2 heterocycles. The lowest BCUT2D eigenvalue weighted by molar-refractivity contribution is -0.137. The molecule has 0 unspecified atom stereocenters. The number of carboxylic acid groups (broad SMARTS) is 1. The van der Waals surface area contributed by atoms with Crippen molar-refractivity contribution in [3.63, 3.8) is 0 Å². The highest BCUT2D eigenvalue weighted by molar-refractivity contribution is 5.96. The lowest BCUT2D eigenvalue weighted by Crippen LogP contribution is -2.31. The normalized spacial score (nSPS) is 10.7. The molecule has 23 heavy (non-hydrogen) atoms. The molecule has 2 rings (SSSR count). The quantitative estimate of drug-likeness (QED) is 0.782. The molecular weight excluding hydrogens is 298 g/mol. The first-order valence-electron chi connectivity index (χ1n) is 7.44. The number of aromatic nitrogens is 2. The van der Waals surface area contributed by atoms with Gasteiger partial charge in [-0.05, 0) is 32.4 Å². The average Bonchev–Trinajstić information content (AvgIpc) is 2.51. The maximum absolute atomic E-state index is 12.5. The molecule has 2 aromatic heterocycles. The van der Waals surface area contributed by atoms with Gasteiger partial charge in [0.25, 0.3) is 5.91 Å². The van der Waals surface area contributed by atoms with Crippen LogP contribution in [0.1, 0.15) is 35.8 Å². The van der Waals surface area contributed by atoms with Crippen LogP contribution in [0, 0.1) is 6.92 Å². The van der Waals surface area contributed by atoms with Gasteiger partial charge in [0.1, 0.15) is 11.2 Å². The number of hydrogen-bond acceptors (Lipinski definition) is 4. The van der Waals surface area contributed by atoms with Crippen LogP contribution in [-0.2, 0) is 11.3 Å². The molecule has 7 heteroatoms. The molecule has 1 amide bonds. The van der Waals surface area contributed by atoms with E-state index in [4.69, 9.17) is 5.11 Å². The topological polar surface area (TPSA) is 101 Å². The van der Waals surface area contributed by atoms with E-state index < -0.39 is 11.9 Å².